The van der Waals surface area contributed by atoms with Gasteiger partial charge in [-0.3, -0.25) is 4.90 Å². The van der Waals surface area contributed by atoms with Gasteiger partial charge < -0.3 is 9.63 Å². The Morgan fingerprint density at radius 2 is 2.26 bits per heavy atom. The smallest absolute Gasteiger partial charge is 0.241 e. The summed E-state index contributed by atoms with van der Waals surface area (Å²) >= 11 is 5.93. The number of likely N-dealkylation sites (tertiary alicyclic amines) is 1. The summed E-state index contributed by atoms with van der Waals surface area (Å²) in [6.07, 6.45) is 0. The number of benzene rings is 1. The Hall–Kier alpha value is -1.43. The van der Waals surface area contributed by atoms with Gasteiger partial charge in [0.1, 0.15) is 0 Å². The Bertz CT molecular complexity index is 567. The van der Waals surface area contributed by atoms with Crippen LogP contribution < -0.4 is 0 Å². The van der Waals surface area contributed by atoms with Gasteiger partial charge in [0.15, 0.2) is 0 Å². The molecule has 2 heterocycles. The van der Waals surface area contributed by atoms with Crippen LogP contribution in [0.1, 0.15) is 5.89 Å². The van der Waals surface area contributed by atoms with Crippen molar-refractivity contribution < 1.29 is 9.63 Å². The molecule has 0 spiro atoms. The molecule has 6 heteroatoms. The number of hydrogen-bond donors (Lipinski definition) is 1. The van der Waals surface area contributed by atoms with Crippen LogP contribution in [0, 0.1) is 5.92 Å². The molecular formula is C13H14ClN3O2. The fourth-order valence-electron chi connectivity index (χ4n) is 2.18. The van der Waals surface area contributed by atoms with Crippen LogP contribution in [-0.4, -0.2) is 39.8 Å². The van der Waals surface area contributed by atoms with Crippen LogP contribution in [0.3, 0.4) is 0 Å². The Morgan fingerprint density at radius 3 is 3.00 bits per heavy atom. The maximum atomic E-state index is 8.96. The summed E-state index contributed by atoms with van der Waals surface area (Å²) in [6, 6.07) is 7.36. The SMILES string of the molecule is OCC1CN(Cc2nc(-c3cccc(Cl)c3)no2)C1. The third-order valence-corrected chi connectivity index (χ3v) is 3.44. The minimum atomic E-state index is 0.244. The second-order valence-corrected chi connectivity index (χ2v) is 5.20. The molecule has 1 N–H and O–H groups in total. The molecule has 0 atom stereocenters. The lowest BCUT2D eigenvalue weighted by Gasteiger charge is -2.36. The van der Waals surface area contributed by atoms with E-state index in [1.165, 1.54) is 0 Å². The van der Waals surface area contributed by atoms with Crippen molar-refractivity contribution in [1.29, 1.82) is 0 Å². The number of hydrogen-bond acceptors (Lipinski definition) is 5. The summed E-state index contributed by atoms with van der Waals surface area (Å²) in [6.45, 7) is 2.63. The van der Waals surface area contributed by atoms with Crippen molar-refractivity contribution in [3.63, 3.8) is 0 Å². The zero-order valence-electron chi connectivity index (χ0n) is 10.3. The molecule has 1 fully saturated rings. The van der Waals surface area contributed by atoms with Crippen LogP contribution in [0.15, 0.2) is 28.8 Å². The van der Waals surface area contributed by atoms with Crippen molar-refractivity contribution in [1.82, 2.24) is 15.0 Å². The van der Waals surface area contributed by atoms with Crippen molar-refractivity contribution in [3.05, 3.63) is 35.2 Å². The van der Waals surface area contributed by atoms with Gasteiger partial charge in [-0.15, -0.1) is 0 Å². The van der Waals surface area contributed by atoms with E-state index >= 15 is 0 Å². The van der Waals surface area contributed by atoms with Gasteiger partial charge in [0.2, 0.25) is 11.7 Å². The number of nitrogens with zero attached hydrogens (tertiary/aromatic N) is 3. The maximum Gasteiger partial charge on any atom is 0.241 e. The summed E-state index contributed by atoms with van der Waals surface area (Å²) in [7, 11) is 0. The molecule has 5 nitrogen and oxygen atoms in total. The Kier molecular flexibility index (Phi) is 3.50. The summed E-state index contributed by atoms with van der Waals surface area (Å²) in [5.41, 5.74) is 0.847. The molecule has 0 amide bonds. The minimum absolute atomic E-state index is 0.244. The lowest BCUT2D eigenvalue weighted by atomic mass is 10.0. The lowest BCUT2D eigenvalue weighted by molar-refractivity contribution is 0.0402. The average Bonchev–Trinajstić information content (AvgIpc) is 2.82. The molecule has 3 rings (SSSR count). The van der Waals surface area contributed by atoms with E-state index < -0.39 is 0 Å². The monoisotopic (exact) mass is 279 g/mol. The normalized spacial score (nSPS) is 16.5. The molecule has 0 bridgehead atoms. The van der Waals surface area contributed by atoms with E-state index in [1.54, 1.807) is 6.07 Å². The summed E-state index contributed by atoms with van der Waals surface area (Å²) in [5, 5.41) is 13.6. The summed E-state index contributed by atoms with van der Waals surface area (Å²) < 4.78 is 5.23. The van der Waals surface area contributed by atoms with Crippen LogP contribution in [0.4, 0.5) is 0 Å². The van der Waals surface area contributed by atoms with Crippen LogP contribution in [0.25, 0.3) is 11.4 Å². The fraction of sp³-hybridized carbons (Fsp3) is 0.385. The molecule has 1 aromatic carbocycles. The standard InChI is InChI=1S/C13H14ClN3O2/c14-11-3-1-2-10(4-11)13-15-12(19-16-13)7-17-5-9(6-17)8-18/h1-4,9,18H,5-8H2. The van der Waals surface area contributed by atoms with Gasteiger partial charge in [-0.1, -0.05) is 28.9 Å². The van der Waals surface area contributed by atoms with E-state index in [1.807, 2.05) is 18.2 Å². The van der Waals surface area contributed by atoms with Gasteiger partial charge in [0, 0.05) is 36.2 Å². The first-order chi connectivity index (χ1) is 9.24. The summed E-state index contributed by atoms with van der Waals surface area (Å²) in [4.78, 5) is 6.52. The van der Waals surface area contributed by atoms with E-state index in [0.29, 0.717) is 29.2 Å². The minimum Gasteiger partial charge on any atom is -0.396 e. The van der Waals surface area contributed by atoms with Crippen LogP contribution in [0.2, 0.25) is 5.02 Å². The molecule has 0 aliphatic carbocycles. The zero-order valence-corrected chi connectivity index (χ0v) is 11.0. The molecule has 1 saturated heterocycles. The number of aliphatic hydroxyl groups excluding tert-OH is 1. The maximum absolute atomic E-state index is 8.96. The Labute approximate surface area is 115 Å². The number of halogens is 1. The molecular weight excluding hydrogens is 266 g/mol. The molecule has 100 valence electrons. The number of aromatic nitrogens is 2. The van der Waals surface area contributed by atoms with Crippen LogP contribution in [0.5, 0.6) is 0 Å². The molecule has 1 aromatic heterocycles. The molecule has 1 aliphatic rings. The third kappa shape index (κ3) is 2.78. The first-order valence-electron chi connectivity index (χ1n) is 6.16. The van der Waals surface area contributed by atoms with Crippen LogP contribution >= 0.6 is 11.6 Å². The highest BCUT2D eigenvalue weighted by Crippen LogP contribution is 2.22. The average molecular weight is 280 g/mol. The fourth-order valence-corrected chi connectivity index (χ4v) is 2.37. The van der Waals surface area contributed by atoms with E-state index in [2.05, 4.69) is 15.0 Å². The zero-order chi connectivity index (χ0) is 13.2. The molecule has 0 radical (unpaired) electrons. The van der Waals surface area contributed by atoms with Crippen molar-refractivity contribution >= 4 is 11.6 Å². The molecule has 0 saturated carbocycles. The van der Waals surface area contributed by atoms with Gasteiger partial charge in [-0.2, -0.15) is 4.98 Å². The Balaban J connectivity index is 1.67. The topological polar surface area (TPSA) is 62.4 Å². The van der Waals surface area contributed by atoms with E-state index in [-0.39, 0.29) is 6.61 Å². The van der Waals surface area contributed by atoms with Crippen LogP contribution in [-0.2, 0) is 6.54 Å². The predicted octanol–water partition coefficient (Wildman–Crippen LogP) is 1.81. The largest absolute Gasteiger partial charge is 0.396 e. The van der Waals surface area contributed by atoms with Crippen molar-refractivity contribution in [3.8, 4) is 11.4 Å². The van der Waals surface area contributed by atoms with Gasteiger partial charge in [0.05, 0.1) is 6.54 Å². The highest BCUT2D eigenvalue weighted by molar-refractivity contribution is 6.30. The molecule has 19 heavy (non-hydrogen) atoms. The van der Waals surface area contributed by atoms with Gasteiger partial charge in [-0.25, -0.2) is 0 Å². The highest BCUT2D eigenvalue weighted by Gasteiger charge is 2.27. The predicted molar refractivity (Wildman–Crippen MR) is 70.6 cm³/mol. The number of rotatable bonds is 4. The number of aliphatic hydroxyl groups is 1. The lowest BCUT2D eigenvalue weighted by Crippen LogP contribution is -2.47. The second-order valence-electron chi connectivity index (χ2n) is 4.76. The summed E-state index contributed by atoms with van der Waals surface area (Å²) in [5.74, 6) is 1.53. The second kappa shape index (κ2) is 5.28. The van der Waals surface area contributed by atoms with Crippen molar-refractivity contribution in [2.45, 2.75) is 6.54 Å². The van der Waals surface area contributed by atoms with E-state index in [4.69, 9.17) is 21.2 Å². The van der Waals surface area contributed by atoms with Gasteiger partial charge in [-0.05, 0) is 12.1 Å². The van der Waals surface area contributed by atoms with Crippen molar-refractivity contribution in [2.75, 3.05) is 19.7 Å². The quantitative estimate of drug-likeness (QED) is 0.925. The van der Waals surface area contributed by atoms with E-state index in [9.17, 15) is 0 Å². The first-order valence-corrected chi connectivity index (χ1v) is 6.54. The van der Waals surface area contributed by atoms with Gasteiger partial charge >= 0.3 is 0 Å². The Morgan fingerprint density at radius 1 is 1.42 bits per heavy atom. The van der Waals surface area contributed by atoms with Gasteiger partial charge in [0.25, 0.3) is 0 Å². The first kappa shape index (κ1) is 12.6. The molecule has 2 aromatic rings. The molecule has 0 unspecified atom stereocenters. The van der Waals surface area contributed by atoms with Crippen molar-refractivity contribution in [2.24, 2.45) is 5.92 Å². The molecule has 1 aliphatic heterocycles. The van der Waals surface area contributed by atoms with E-state index in [0.717, 1.165) is 18.7 Å². The third-order valence-electron chi connectivity index (χ3n) is 3.20. The highest BCUT2D eigenvalue weighted by atomic mass is 35.5.